The first-order chi connectivity index (χ1) is 12.3. The minimum Gasteiger partial charge on any atom is -0.497 e. The molecular weight excluding hydrogens is 348 g/mol. The first-order valence-corrected chi connectivity index (χ1v) is 10.4. The summed E-state index contributed by atoms with van der Waals surface area (Å²) >= 11 is 0. The smallest absolute Gasteiger partial charge is 0.193 e. The van der Waals surface area contributed by atoms with Crippen molar-refractivity contribution in [3.63, 3.8) is 0 Å². The predicted octanol–water partition coefficient (Wildman–Crippen LogP) is 1.94. The lowest BCUT2D eigenvalue weighted by atomic mass is 10.2. The summed E-state index contributed by atoms with van der Waals surface area (Å²) in [5, 5.41) is 3.36. The standard InChI is InChI=1S/C19H32N4O2S/c1-19(2,3)26(24)14-9-21-18(20-4)23-12-10-22(11-13-23)16-7-6-8-17(15-16)25-5/h6-8,15H,9-14H2,1-5H3,(H,20,21). The first kappa shape index (κ1) is 20.6. The van der Waals surface area contributed by atoms with Crippen LogP contribution < -0.4 is 15.0 Å². The van der Waals surface area contributed by atoms with Gasteiger partial charge in [-0.05, 0) is 32.9 Å². The fourth-order valence-electron chi connectivity index (χ4n) is 2.88. The van der Waals surface area contributed by atoms with E-state index in [0.29, 0.717) is 12.3 Å². The molecule has 0 amide bonds. The molecule has 1 unspecified atom stereocenters. The first-order valence-electron chi connectivity index (χ1n) is 9.08. The number of hydrogen-bond acceptors (Lipinski definition) is 4. The van der Waals surface area contributed by atoms with Crippen molar-refractivity contribution in [2.24, 2.45) is 4.99 Å². The Morgan fingerprint density at radius 3 is 2.54 bits per heavy atom. The lowest BCUT2D eigenvalue weighted by Gasteiger charge is -2.37. The van der Waals surface area contributed by atoms with Crippen LogP contribution >= 0.6 is 0 Å². The van der Waals surface area contributed by atoms with E-state index in [1.165, 1.54) is 5.69 Å². The maximum absolute atomic E-state index is 12.2. The van der Waals surface area contributed by atoms with Crippen LogP contribution in [0.1, 0.15) is 20.8 Å². The van der Waals surface area contributed by atoms with Gasteiger partial charge in [-0.2, -0.15) is 0 Å². The molecule has 0 radical (unpaired) electrons. The highest BCUT2D eigenvalue weighted by Crippen LogP contribution is 2.22. The van der Waals surface area contributed by atoms with Crippen LogP contribution in [0.5, 0.6) is 5.75 Å². The Morgan fingerprint density at radius 2 is 1.96 bits per heavy atom. The number of methoxy groups -OCH3 is 1. The van der Waals surface area contributed by atoms with E-state index in [1.807, 2.05) is 32.9 Å². The van der Waals surface area contributed by atoms with Crippen molar-refractivity contribution in [3.05, 3.63) is 24.3 Å². The van der Waals surface area contributed by atoms with Crippen LogP contribution in [0.2, 0.25) is 0 Å². The lowest BCUT2D eigenvalue weighted by Crippen LogP contribution is -2.53. The van der Waals surface area contributed by atoms with Gasteiger partial charge in [-0.25, -0.2) is 0 Å². The van der Waals surface area contributed by atoms with E-state index in [-0.39, 0.29) is 4.75 Å². The van der Waals surface area contributed by atoms with Gasteiger partial charge in [-0.3, -0.25) is 9.20 Å². The molecule has 1 heterocycles. The molecule has 1 aromatic rings. The van der Waals surface area contributed by atoms with E-state index in [1.54, 1.807) is 14.2 Å². The molecule has 1 saturated heterocycles. The lowest BCUT2D eigenvalue weighted by molar-refractivity contribution is 0.373. The van der Waals surface area contributed by atoms with Crippen molar-refractivity contribution < 1.29 is 8.95 Å². The summed E-state index contributed by atoms with van der Waals surface area (Å²) in [7, 11) is 2.65. The van der Waals surface area contributed by atoms with E-state index in [0.717, 1.165) is 37.9 Å². The molecule has 1 aliphatic rings. The second-order valence-electron chi connectivity index (χ2n) is 7.31. The number of nitrogens with one attached hydrogen (secondary N) is 1. The molecule has 0 bridgehead atoms. The van der Waals surface area contributed by atoms with Crippen LogP contribution in [0.25, 0.3) is 0 Å². The van der Waals surface area contributed by atoms with Crippen LogP contribution in [-0.4, -0.2) is 72.4 Å². The molecule has 1 aromatic carbocycles. The highest BCUT2D eigenvalue weighted by molar-refractivity contribution is 7.86. The minimum atomic E-state index is -0.851. The molecule has 0 saturated carbocycles. The molecule has 1 N–H and O–H groups in total. The van der Waals surface area contributed by atoms with Gasteiger partial charge in [-0.1, -0.05) is 6.07 Å². The van der Waals surface area contributed by atoms with Crippen molar-refractivity contribution in [2.45, 2.75) is 25.5 Å². The van der Waals surface area contributed by atoms with Gasteiger partial charge in [0.05, 0.1) is 7.11 Å². The number of ether oxygens (including phenoxy) is 1. The summed E-state index contributed by atoms with van der Waals surface area (Å²) in [6.07, 6.45) is 0. The molecule has 1 fully saturated rings. The van der Waals surface area contributed by atoms with Gasteiger partial charge in [0.15, 0.2) is 5.96 Å². The quantitative estimate of drug-likeness (QED) is 0.625. The second kappa shape index (κ2) is 9.26. The SMILES string of the molecule is CN=C(NCCS(=O)C(C)(C)C)N1CCN(c2cccc(OC)c2)CC1. The molecule has 7 heteroatoms. The third-order valence-corrected chi connectivity index (χ3v) is 6.40. The number of rotatable bonds is 5. The average Bonchev–Trinajstić information content (AvgIpc) is 2.64. The zero-order valence-corrected chi connectivity index (χ0v) is 17.4. The van der Waals surface area contributed by atoms with Crippen molar-refractivity contribution in [3.8, 4) is 5.75 Å². The molecule has 146 valence electrons. The Labute approximate surface area is 160 Å². The van der Waals surface area contributed by atoms with Gasteiger partial charge < -0.3 is 19.9 Å². The largest absolute Gasteiger partial charge is 0.497 e. The van der Waals surface area contributed by atoms with Crippen molar-refractivity contribution in [1.82, 2.24) is 10.2 Å². The highest BCUT2D eigenvalue weighted by atomic mass is 32.2. The zero-order valence-electron chi connectivity index (χ0n) is 16.6. The van der Waals surface area contributed by atoms with E-state index < -0.39 is 10.8 Å². The fourth-order valence-corrected chi connectivity index (χ4v) is 3.78. The summed E-state index contributed by atoms with van der Waals surface area (Å²) in [5.74, 6) is 2.40. The van der Waals surface area contributed by atoms with Crippen LogP contribution in [0.15, 0.2) is 29.3 Å². The Morgan fingerprint density at radius 1 is 1.27 bits per heavy atom. The molecule has 1 atom stereocenters. The second-order valence-corrected chi connectivity index (χ2v) is 9.64. The predicted molar refractivity (Wildman–Crippen MR) is 111 cm³/mol. The Balaban J connectivity index is 1.84. The number of piperazine rings is 1. The Hall–Kier alpha value is -1.76. The van der Waals surface area contributed by atoms with Gasteiger partial charge >= 0.3 is 0 Å². The van der Waals surface area contributed by atoms with E-state index >= 15 is 0 Å². The molecule has 26 heavy (non-hydrogen) atoms. The monoisotopic (exact) mass is 380 g/mol. The summed E-state index contributed by atoms with van der Waals surface area (Å²) in [4.78, 5) is 9.01. The number of hydrogen-bond donors (Lipinski definition) is 1. The fraction of sp³-hybridized carbons (Fsp3) is 0.632. The number of anilines is 1. The van der Waals surface area contributed by atoms with Gasteiger partial charge in [0, 0.05) is 72.8 Å². The van der Waals surface area contributed by atoms with Crippen LogP contribution in [0.4, 0.5) is 5.69 Å². The molecule has 6 nitrogen and oxygen atoms in total. The number of benzene rings is 1. The van der Waals surface area contributed by atoms with Gasteiger partial charge in [0.1, 0.15) is 5.75 Å². The summed E-state index contributed by atoms with van der Waals surface area (Å²) in [5.41, 5.74) is 1.19. The topological polar surface area (TPSA) is 57.2 Å². The molecule has 0 aromatic heterocycles. The minimum absolute atomic E-state index is 0.173. The Bertz CT molecular complexity index is 635. The zero-order chi connectivity index (χ0) is 19.2. The molecule has 2 rings (SSSR count). The van der Waals surface area contributed by atoms with Gasteiger partial charge in [0.25, 0.3) is 0 Å². The average molecular weight is 381 g/mol. The maximum atomic E-state index is 12.2. The van der Waals surface area contributed by atoms with Gasteiger partial charge in [0.2, 0.25) is 0 Å². The van der Waals surface area contributed by atoms with Crippen molar-refractivity contribution in [2.75, 3.05) is 57.5 Å². The maximum Gasteiger partial charge on any atom is 0.193 e. The van der Waals surface area contributed by atoms with Gasteiger partial charge in [-0.15, -0.1) is 0 Å². The highest BCUT2D eigenvalue weighted by Gasteiger charge is 2.21. The third-order valence-electron chi connectivity index (χ3n) is 4.46. The van der Waals surface area contributed by atoms with Crippen LogP contribution in [-0.2, 0) is 10.8 Å². The number of nitrogens with zero attached hydrogens (tertiary/aromatic N) is 3. The summed E-state index contributed by atoms with van der Waals surface area (Å²) in [6, 6.07) is 8.18. The number of aliphatic imine (C=N–C) groups is 1. The molecule has 1 aliphatic heterocycles. The van der Waals surface area contributed by atoms with Crippen molar-refractivity contribution in [1.29, 1.82) is 0 Å². The van der Waals surface area contributed by atoms with E-state index in [4.69, 9.17) is 4.74 Å². The summed E-state index contributed by atoms with van der Waals surface area (Å²) < 4.78 is 17.3. The van der Waals surface area contributed by atoms with E-state index in [2.05, 4.69) is 32.2 Å². The third kappa shape index (κ3) is 5.62. The normalized spacial score (nSPS) is 17.2. The van der Waals surface area contributed by atoms with Crippen LogP contribution in [0, 0.1) is 0 Å². The Kier molecular flexibility index (Phi) is 7.32. The number of guanidine groups is 1. The summed E-state index contributed by atoms with van der Waals surface area (Å²) in [6.45, 7) is 10.4. The van der Waals surface area contributed by atoms with Crippen molar-refractivity contribution >= 4 is 22.4 Å². The molecule has 0 spiro atoms. The van der Waals surface area contributed by atoms with E-state index in [9.17, 15) is 4.21 Å². The molecular formula is C19H32N4O2S. The van der Waals surface area contributed by atoms with Crippen LogP contribution in [0.3, 0.4) is 0 Å². The molecule has 0 aliphatic carbocycles.